The third kappa shape index (κ3) is 3.50. The van der Waals surface area contributed by atoms with Crippen LogP contribution < -0.4 is 5.32 Å². The smallest absolute Gasteiger partial charge is 0.0965 e. The fourth-order valence-corrected chi connectivity index (χ4v) is 3.29. The summed E-state index contributed by atoms with van der Waals surface area (Å²) < 4.78 is 0. The number of hydrogen-bond acceptors (Lipinski definition) is 2. The van der Waals surface area contributed by atoms with Crippen molar-refractivity contribution in [3.05, 3.63) is 0 Å². The fourth-order valence-electron chi connectivity index (χ4n) is 3.29. The molecule has 0 amide bonds. The first-order valence-corrected chi connectivity index (χ1v) is 7.04. The largest absolute Gasteiger partial charge is 0.371 e. The minimum absolute atomic E-state index is 0.690. The van der Waals surface area contributed by atoms with Gasteiger partial charge in [0.1, 0.15) is 0 Å². The Morgan fingerprint density at radius 1 is 1.00 bits per heavy atom. The average Bonchev–Trinajstić information content (AvgIpc) is 2.44. The first kappa shape index (κ1) is 11.9. The Bertz CT molecular complexity index is 237. The summed E-state index contributed by atoms with van der Waals surface area (Å²) in [4.78, 5) is 4.67. The zero-order valence-electron chi connectivity index (χ0n) is 10.8. The average molecular weight is 222 g/mol. The predicted molar refractivity (Wildman–Crippen MR) is 69.9 cm³/mol. The number of hydrogen-bond donors (Lipinski definition) is 1. The third-order valence-corrected chi connectivity index (χ3v) is 3.92. The van der Waals surface area contributed by atoms with E-state index in [1.54, 1.807) is 0 Å². The van der Waals surface area contributed by atoms with Crippen LogP contribution in [0.4, 0.5) is 0 Å². The molecule has 2 atom stereocenters. The van der Waals surface area contributed by atoms with Crippen molar-refractivity contribution in [2.45, 2.75) is 64.8 Å². The van der Waals surface area contributed by atoms with Crippen LogP contribution >= 0.6 is 0 Å². The molecule has 0 radical (unpaired) electrons. The van der Waals surface area contributed by atoms with Gasteiger partial charge in [-0.25, -0.2) is 0 Å². The molecule has 1 heterocycles. The van der Waals surface area contributed by atoms with E-state index in [2.05, 4.69) is 24.2 Å². The van der Waals surface area contributed by atoms with Crippen molar-refractivity contribution in [3.8, 4) is 0 Å². The van der Waals surface area contributed by atoms with Gasteiger partial charge in [-0.05, 0) is 43.9 Å². The van der Waals surface area contributed by atoms with E-state index in [0.717, 1.165) is 18.4 Å². The standard InChI is InChI=1S/C14H26N2/c1-11-8-12(2)10-13(9-11)16-14-6-4-3-5-7-15-14/h11-13H,3-10H2,1-2H3,(H,15,16). The fraction of sp³-hybridized carbons (Fsp3) is 0.929. The normalized spacial score (nSPS) is 36.4. The molecule has 0 aromatic rings. The van der Waals surface area contributed by atoms with E-state index in [9.17, 15) is 0 Å². The topological polar surface area (TPSA) is 24.4 Å². The molecular weight excluding hydrogens is 196 g/mol. The minimum Gasteiger partial charge on any atom is -0.371 e. The molecule has 0 aromatic heterocycles. The molecule has 1 saturated carbocycles. The van der Waals surface area contributed by atoms with E-state index < -0.39 is 0 Å². The summed E-state index contributed by atoms with van der Waals surface area (Å²) in [5, 5.41) is 3.71. The SMILES string of the molecule is CC1CC(C)CC(NC2=NCCCCC2)C1. The molecule has 1 aliphatic heterocycles. The molecular formula is C14H26N2. The van der Waals surface area contributed by atoms with Gasteiger partial charge in [0.15, 0.2) is 0 Å². The van der Waals surface area contributed by atoms with Gasteiger partial charge in [-0.15, -0.1) is 0 Å². The zero-order chi connectivity index (χ0) is 11.4. The van der Waals surface area contributed by atoms with Crippen molar-refractivity contribution in [3.63, 3.8) is 0 Å². The first-order chi connectivity index (χ1) is 7.74. The highest BCUT2D eigenvalue weighted by Gasteiger charge is 2.24. The highest BCUT2D eigenvalue weighted by molar-refractivity contribution is 5.82. The van der Waals surface area contributed by atoms with Crippen molar-refractivity contribution >= 4 is 5.84 Å². The molecule has 2 unspecified atom stereocenters. The molecule has 0 bridgehead atoms. The molecule has 2 heteroatoms. The Morgan fingerprint density at radius 2 is 1.75 bits per heavy atom. The second-order valence-electron chi connectivity index (χ2n) is 5.90. The van der Waals surface area contributed by atoms with Crippen LogP contribution in [0.5, 0.6) is 0 Å². The van der Waals surface area contributed by atoms with Crippen LogP contribution in [0.2, 0.25) is 0 Å². The van der Waals surface area contributed by atoms with Crippen molar-refractivity contribution in [1.29, 1.82) is 0 Å². The predicted octanol–water partition coefficient (Wildman–Crippen LogP) is 3.37. The van der Waals surface area contributed by atoms with Crippen LogP contribution in [0.25, 0.3) is 0 Å². The molecule has 1 aliphatic carbocycles. The monoisotopic (exact) mass is 222 g/mol. The molecule has 16 heavy (non-hydrogen) atoms. The van der Waals surface area contributed by atoms with Crippen molar-refractivity contribution in [1.82, 2.24) is 5.32 Å². The summed E-state index contributed by atoms with van der Waals surface area (Å²) in [5.41, 5.74) is 0. The summed E-state index contributed by atoms with van der Waals surface area (Å²) in [5.74, 6) is 3.06. The summed E-state index contributed by atoms with van der Waals surface area (Å²) in [6.07, 6.45) is 9.22. The lowest BCUT2D eigenvalue weighted by atomic mass is 9.80. The molecule has 2 aliphatic rings. The highest BCUT2D eigenvalue weighted by atomic mass is 15.0. The molecule has 0 saturated heterocycles. The summed E-state index contributed by atoms with van der Waals surface area (Å²) >= 11 is 0. The second-order valence-corrected chi connectivity index (χ2v) is 5.90. The Labute approximate surface area is 99.9 Å². The maximum Gasteiger partial charge on any atom is 0.0965 e. The van der Waals surface area contributed by atoms with Gasteiger partial charge >= 0.3 is 0 Å². The zero-order valence-corrected chi connectivity index (χ0v) is 10.8. The van der Waals surface area contributed by atoms with Crippen LogP contribution in [0.1, 0.15) is 58.8 Å². The van der Waals surface area contributed by atoms with E-state index in [4.69, 9.17) is 0 Å². The van der Waals surface area contributed by atoms with Crippen LogP contribution in [-0.4, -0.2) is 18.4 Å². The molecule has 2 nitrogen and oxygen atoms in total. The van der Waals surface area contributed by atoms with Crippen molar-refractivity contribution < 1.29 is 0 Å². The quantitative estimate of drug-likeness (QED) is 0.722. The van der Waals surface area contributed by atoms with Crippen LogP contribution in [-0.2, 0) is 0 Å². The third-order valence-electron chi connectivity index (χ3n) is 3.92. The molecule has 0 spiro atoms. The van der Waals surface area contributed by atoms with Crippen LogP contribution in [0, 0.1) is 11.8 Å². The lowest BCUT2D eigenvalue weighted by molar-refractivity contribution is 0.255. The van der Waals surface area contributed by atoms with E-state index >= 15 is 0 Å². The summed E-state index contributed by atoms with van der Waals surface area (Å²) in [7, 11) is 0. The van der Waals surface area contributed by atoms with E-state index in [-0.39, 0.29) is 0 Å². The molecule has 1 fully saturated rings. The Morgan fingerprint density at radius 3 is 2.50 bits per heavy atom. The van der Waals surface area contributed by atoms with Gasteiger partial charge in [-0.2, -0.15) is 0 Å². The number of amidine groups is 1. The Hall–Kier alpha value is -0.530. The Kier molecular flexibility index (Phi) is 4.25. The van der Waals surface area contributed by atoms with Gasteiger partial charge in [-0.3, -0.25) is 4.99 Å². The van der Waals surface area contributed by atoms with E-state index in [1.165, 1.54) is 50.8 Å². The van der Waals surface area contributed by atoms with E-state index in [0.29, 0.717) is 6.04 Å². The molecule has 1 N–H and O–H groups in total. The van der Waals surface area contributed by atoms with Gasteiger partial charge in [-0.1, -0.05) is 20.3 Å². The van der Waals surface area contributed by atoms with Crippen molar-refractivity contribution in [2.24, 2.45) is 16.8 Å². The lowest BCUT2D eigenvalue weighted by Crippen LogP contribution is -2.40. The van der Waals surface area contributed by atoms with Crippen LogP contribution in [0.15, 0.2) is 4.99 Å². The van der Waals surface area contributed by atoms with Gasteiger partial charge in [0.2, 0.25) is 0 Å². The van der Waals surface area contributed by atoms with Gasteiger partial charge in [0, 0.05) is 19.0 Å². The second kappa shape index (κ2) is 5.70. The van der Waals surface area contributed by atoms with Crippen LogP contribution in [0.3, 0.4) is 0 Å². The number of rotatable bonds is 1. The maximum absolute atomic E-state index is 4.67. The number of aliphatic imine (C=N–C) groups is 1. The van der Waals surface area contributed by atoms with E-state index in [1.807, 2.05) is 0 Å². The van der Waals surface area contributed by atoms with Crippen molar-refractivity contribution in [2.75, 3.05) is 6.54 Å². The molecule has 0 aromatic carbocycles. The summed E-state index contributed by atoms with van der Waals surface area (Å²) in [6, 6.07) is 0.690. The maximum atomic E-state index is 4.67. The first-order valence-electron chi connectivity index (χ1n) is 7.04. The van der Waals surface area contributed by atoms with Gasteiger partial charge in [0.05, 0.1) is 5.84 Å². The van der Waals surface area contributed by atoms with Gasteiger partial charge < -0.3 is 5.32 Å². The lowest BCUT2D eigenvalue weighted by Gasteiger charge is -2.32. The minimum atomic E-state index is 0.690. The Balaban J connectivity index is 1.85. The number of nitrogens with one attached hydrogen (secondary N) is 1. The highest BCUT2D eigenvalue weighted by Crippen LogP contribution is 2.28. The molecule has 2 rings (SSSR count). The molecule has 92 valence electrons. The summed E-state index contributed by atoms with van der Waals surface area (Å²) in [6.45, 7) is 5.82. The van der Waals surface area contributed by atoms with Gasteiger partial charge in [0.25, 0.3) is 0 Å². The number of nitrogens with zero attached hydrogens (tertiary/aromatic N) is 1.